The number of carbonyl (C=O) groups is 1. The van der Waals surface area contributed by atoms with Gasteiger partial charge in [0.15, 0.2) is 0 Å². The van der Waals surface area contributed by atoms with E-state index in [2.05, 4.69) is 27.4 Å². The Labute approximate surface area is 120 Å². The quantitative estimate of drug-likeness (QED) is 0.860. The molecule has 1 unspecified atom stereocenters. The van der Waals surface area contributed by atoms with E-state index >= 15 is 0 Å². The van der Waals surface area contributed by atoms with Crippen LogP contribution in [0, 0.1) is 0 Å². The second kappa shape index (κ2) is 7.24. The topological polar surface area (TPSA) is 57.3 Å². The molecule has 1 aliphatic heterocycles. The van der Waals surface area contributed by atoms with Crippen molar-refractivity contribution in [3.05, 3.63) is 24.0 Å². The molecule has 2 N–H and O–H groups in total. The standard InChI is InChI=1S/C15H24N4O/c1-12(11-19-8-4-3-5-9-19)18-13-6-7-17-14(10-13)15(20)16-2/h6-7,10,12H,3-5,8-9,11H2,1-2H3,(H,16,20)(H,17,18). The van der Waals surface area contributed by atoms with E-state index in [1.807, 2.05) is 6.07 Å². The molecule has 1 saturated heterocycles. The van der Waals surface area contributed by atoms with Gasteiger partial charge in [0.2, 0.25) is 0 Å². The number of anilines is 1. The van der Waals surface area contributed by atoms with E-state index in [1.54, 1.807) is 19.3 Å². The highest BCUT2D eigenvalue weighted by Crippen LogP contribution is 2.12. The number of pyridine rings is 1. The van der Waals surface area contributed by atoms with Gasteiger partial charge in [0.05, 0.1) is 0 Å². The lowest BCUT2D eigenvalue weighted by atomic mass is 10.1. The summed E-state index contributed by atoms with van der Waals surface area (Å²) in [6, 6.07) is 4.05. The van der Waals surface area contributed by atoms with E-state index in [9.17, 15) is 4.79 Å². The Bertz CT molecular complexity index is 443. The first-order valence-electron chi connectivity index (χ1n) is 7.36. The first-order chi connectivity index (χ1) is 9.69. The fourth-order valence-electron chi connectivity index (χ4n) is 2.63. The Morgan fingerprint density at radius 2 is 2.15 bits per heavy atom. The summed E-state index contributed by atoms with van der Waals surface area (Å²) in [6.07, 6.45) is 5.64. The predicted molar refractivity (Wildman–Crippen MR) is 81.0 cm³/mol. The average Bonchev–Trinajstić information content (AvgIpc) is 2.47. The number of hydrogen-bond acceptors (Lipinski definition) is 4. The maximum absolute atomic E-state index is 11.6. The van der Waals surface area contributed by atoms with Crippen LogP contribution in [0.5, 0.6) is 0 Å². The van der Waals surface area contributed by atoms with Gasteiger partial charge in [-0.1, -0.05) is 6.42 Å². The monoisotopic (exact) mass is 276 g/mol. The Morgan fingerprint density at radius 1 is 1.40 bits per heavy atom. The highest BCUT2D eigenvalue weighted by molar-refractivity contribution is 5.92. The normalized spacial score (nSPS) is 17.5. The third kappa shape index (κ3) is 4.20. The largest absolute Gasteiger partial charge is 0.381 e. The number of likely N-dealkylation sites (tertiary alicyclic amines) is 1. The lowest BCUT2D eigenvalue weighted by Crippen LogP contribution is -2.38. The molecule has 20 heavy (non-hydrogen) atoms. The average molecular weight is 276 g/mol. The maximum atomic E-state index is 11.6. The van der Waals surface area contributed by atoms with Crippen LogP contribution in [0.1, 0.15) is 36.7 Å². The summed E-state index contributed by atoms with van der Waals surface area (Å²) in [4.78, 5) is 18.1. The molecule has 2 rings (SSSR count). The molecule has 0 saturated carbocycles. The van der Waals surface area contributed by atoms with Crippen molar-refractivity contribution in [2.24, 2.45) is 0 Å². The van der Waals surface area contributed by atoms with Gasteiger partial charge in [-0.25, -0.2) is 0 Å². The summed E-state index contributed by atoms with van der Waals surface area (Å²) in [5.41, 5.74) is 1.39. The van der Waals surface area contributed by atoms with Crippen molar-refractivity contribution in [2.45, 2.75) is 32.2 Å². The first kappa shape index (κ1) is 14.8. The number of amides is 1. The van der Waals surface area contributed by atoms with Crippen molar-refractivity contribution >= 4 is 11.6 Å². The van der Waals surface area contributed by atoms with Crippen molar-refractivity contribution < 1.29 is 4.79 Å². The zero-order valence-electron chi connectivity index (χ0n) is 12.4. The Balaban J connectivity index is 1.89. The zero-order valence-corrected chi connectivity index (χ0v) is 12.4. The van der Waals surface area contributed by atoms with E-state index in [0.717, 1.165) is 12.2 Å². The molecule has 5 heteroatoms. The van der Waals surface area contributed by atoms with Gasteiger partial charge in [0, 0.05) is 31.5 Å². The van der Waals surface area contributed by atoms with Gasteiger partial charge >= 0.3 is 0 Å². The summed E-state index contributed by atoms with van der Waals surface area (Å²) in [5.74, 6) is -0.155. The number of carbonyl (C=O) groups excluding carboxylic acids is 1. The van der Waals surface area contributed by atoms with Crippen LogP contribution < -0.4 is 10.6 Å². The molecular formula is C15H24N4O. The van der Waals surface area contributed by atoms with Crippen LogP contribution in [0.3, 0.4) is 0 Å². The number of hydrogen-bond donors (Lipinski definition) is 2. The van der Waals surface area contributed by atoms with Gasteiger partial charge < -0.3 is 15.5 Å². The van der Waals surface area contributed by atoms with Crippen LogP contribution in [0.25, 0.3) is 0 Å². The number of nitrogens with zero attached hydrogens (tertiary/aromatic N) is 2. The van der Waals surface area contributed by atoms with Crippen LogP contribution in [0.2, 0.25) is 0 Å². The van der Waals surface area contributed by atoms with Gasteiger partial charge in [-0.2, -0.15) is 0 Å². The molecule has 0 spiro atoms. The van der Waals surface area contributed by atoms with E-state index in [4.69, 9.17) is 0 Å². The molecule has 0 aliphatic carbocycles. The SMILES string of the molecule is CNC(=O)c1cc(NC(C)CN2CCCCC2)ccn1. The minimum atomic E-state index is -0.155. The van der Waals surface area contributed by atoms with Gasteiger partial charge in [0.25, 0.3) is 5.91 Å². The number of aromatic nitrogens is 1. The molecular weight excluding hydrogens is 252 g/mol. The highest BCUT2D eigenvalue weighted by atomic mass is 16.1. The van der Waals surface area contributed by atoms with E-state index in [1.165, 1.54) is 32.4 Å². The minimum Gasteiger partial charge on any atom is -0.381 e. The van der Waals surface area contributed by atoms with Gasteiger partial charge in [-0.3, -0.25) is 9.78 Å². The van der Waals surface area contributed by atoms with Crippen LogP contribution in [-0.4, -0.2) is 48.5 Å². The summed E-state index contributed by atoms with van der Waals surface area (Å²) in [7, 11) is 1.61. The minimum absolute atomic E-state index is 0.155. The van der Waals surface area contributed by atoms with E-state index in [-0.39, 0.29) is 5.91 Å². The summed E-state index contributed by atoms with van der Waals surface area (Å²) >= 11 is 0. The Morgan fingerprint density at radius 3 is 2.85 bits per heavy atom. The second-order valence-corrected chi connectivity index (χ2v) is 5.42. The lowest BCUT2D eigenvalue weighted by molar-refractivity contribution is 0.0958. The molecule has 0 bridgehead atoms. The van der Waals surface area contributed by atoms with E-state index in [0.29, 0.717) is 11.7 Å². The molecule has 1 atom stereocenters. The number of nitrogens with one attached hydrogen (secondary N) is 2. The first-order valence-corrected chi connectivity index (χ1v) is 7.36. The molecule has 0 aromatic carbocycles. The molecule has 0 radical (unpaired) electrons. The Hall–Kier alpha value is -1.62. The summed E-state index contributed by atoms with van der Waals surface area (Å²) in [5, 5.41) is 6.04. The van der Waals surface area contributed by atoms with Crippen molar-refractivity contribution in [2.75, 3.05) is 32.0 Å². The van der Waals surface area contributed by atoms with Gasteiger partial charge in [-0.05, 0) is 45.0 Å². The molecule has 1 aromatic rings. The molecule has 1 amide bonds. The van der Waals surface area contributed by atoms with Crippen molar-refractivity contribution in [1.29, 1.82) is 0 Å². The van der Waals surface area contributed by atoms with Crippen LogP contribution in [0.4, 0.5) is 5.69 Å². The highest BCUT2D eigenvalue weighted by Gasteiger charge is 2.13. The summed E-state index contributed by atoms with van der Waals surface area (Å²) < 4.78 is 0. The molecule has 1 aromatic heterocycles. The van der Waals surface area contributed by atoms with Gasteiger partial charge in [-0.15, -0.1) is 0 Å². The smallest absolute Gasteiger partial charge is 0.269 e. The third-order valence-corrected chi connectivity index (χ3v) is 3.61. The maximum Gasteiger partial charge on any atom is 0.269 e. The van der Waals surface area contributed by atoms with Crippen molar-refractivity contribution in [1.82, 2.24) is 15.2 Å². The molecule has 1 fully saturated rings. The van der Waals surface area contributed by atoms with Gasteiger partial charge in [0.1, 0.15) is 5.69 Å². The van der Waals surface area contributed by atoms with E-state index < -0.39 is 0 Å². The fourth-order valence-corrected chi connectivity index (χ4v) is 2.63. The molecule has 2 heterocycles. The second-order valence-electron chi connectivity index (χ2n) is 5.42. The molecule has 5 nitrogen and oxygen atoms in total. The van der Waals surface area contributed by atoms with Crippen LogP contribution >= 0.6 is 0 Å². The zero-order chi connectivity index (χ0) is 14.4. The number of rotatable bonds is 5. The predicted octanol–water partition coefficient (Wildman–Crippen LogP) is 1.73. The fraction of sp³-hybridized carbons (Fsp3) is 0.600. The van der Waals surface area contributed by atoms with Crippen molar-refractivity contribution in [3.8, 4) is 0 Å². The molecule has 110 valence electrons. The third-order valence-electron chi connectivity index (χ3n) is 3.61. The number of piperidine rings is 1. The van der Waals surface area contributed by atoms with Crippen molar-refractivity contribution in [3.63, 3.8) is 0 Å². The Kier molecular flexibility index (Phi) is 5.35. The van der Waals surface area contributed by atoms with Crippen LogP contribution in [-0.2, 0) is 0 Å². The lowest BCUT2D eigenvalue weighted by Gasteiger charge is -2.29. The molecule has 1 aliphatic rings. The summed E-state index contributed by atoms with van der Waals surface area (Å²) in [6.45, 7) is 5.62. The van der Waals surface area contributed by atoms with Crippen LogP contribution in [0.15, 0.2) is 18.3 Å².